The molecule has 0 aromatic heterocycles. The summed E-state index contributed by atoms with van der Waals surface area (Å²) in [4.78, 5) is 11.5. The van der Waals surface area contributed by atoms with Gasteiger partial charge in [-0.15, -0.1) is 0 Å². The highest BCUT2D eigenvalue weighted by Crippen LogP contribution is 2.16. The van der Waals surface area contributed by atoms with Crippen LogP contribution in [0.15, 0.2) is 0 Å². The Morgan fingerprint density at radius 1 is 1.18 bits per heavy atom. The molecule has 1 atom stereocenters. The fourth-order valence-electron chi connectivity index (χ4n) is 1.84. The monoisotopic (exact) mass is 239 g/mol. The van der Waals surface area contributed by atoms with Crippen molar-refractivity contribution in [2.45, 2.75) is 65.2 Å². The first kappa shape index (κ1) is 16.0. The molecule has 3 heteroatoms. The lowest BCUT2D eigenvalue weighted by Gasteiger charge is -2.11. The van der Waals surface area contributed by atoms with Gasteiger partial charge in [-0.3, -0.25) is 4.79 Å². The molecule has 3 nitrogen and oxygen atoms in total. The smallest absolute Gasteiger partial charge is 0.309 e. The molecule has 0 bridgehead atoms. The van der Waals surface area contributed by atoms with Crippen LogP contribution in [0.4, 0.5) is 0 Å². The van der Waals surface area contributed by atoms with Gasteiger partial charge < -0.3 is 4.74 Å². The average molecular weight is 239 g/mol. The quantitative estimate of drug-likeness (QED) is 0.430. The summed E-state index contributed by atoms with van der Waals surface area (Å²) >= 11 is 0. The van der Waals surface area contributed by atoms with E-state index in [2.05, 4.69) is 13.0 Å². The van der Waals surface area contributed by atoms with Gasteiger partial charge in [-0.25, -0.2) is 0 Å². The molecule has 0 aromatic carbocycles. The normalized spacial score (nSPS) is 11.8. The van der Waals surface area contributed by atoms with E-state index in [-0.39, 0.29) is 18.3 Å². The zero-order chi connectivity index (χ0) is 12.9. The van der Waals surface area contributed by atoms with Crippen LogP contribution in [-0.2, 0) is 9.53 Å². The molecule has 0 heterocycles. The van der Waals surface area contributed by atoms with E-state index in [1.54, 1.807) is 6.92 Å². The zero-order valence-electron chi connectivity index (χ0n) is 11.2. The molecule has 0 aliphatic heterocycles. The van der Waals surface area contributed by atoms with Crippen molar-refractivity contribution >= 4 is 5.97 Å². The Morgan fingerprint density at radius 2 is 1.82 bits per heavy atom. The van der Waals surface area contributed by atoms with Crippen LogP contribution in [0.1, 0.15) is 65.2 Å². The first-order chi connectivity index (χ1) is 8.26. The van der Waals surface area contributed by atoms with E-state index in [1.165, 1.54) is 25.7 Å². The summed E-state index contributed by atoms with van der Waals surface area (Å²) in [5, 5.41) is 8.67. The second-order valence-electron chi connectivity index (χ2n) is 4.37. The molecule has 0 N–H and O–H groups in total. The third-order valence-corrected chi connectivity index (χ3v) is 2.86. The summed E-state index contributed by atoms with van der Waals surface area (Å²) in [5.74, 6) is -0.422. The Hall–Kier alpha value is -1.04. The van der Waals surface area contributed by atoms with Crippen molar-refractivity contribution in [2.24, 2.45) is 5.92 Å². The second kappa shape index (κ2) is 11.4. The van der Waals surface area contributed by atoms with E-state index in [9.17, 15) is 4.79 Å². The van der Waals surface area contributed by atoms with Gasteiger partial charge in [-0.05, 0) is 13.3 Å². The van der Waals surface area contributed by atoms with Gasteiger partial charge in [0, 0.05) is 6.42 Å². The maximum atomic E-state index is 11.5. The third kappa shape index (κ3) is 8.74. The predicted molar refractivity (Wildman–Crippen MR) is 68.3 cm³/mol. The highest BCUT2D eigenvalue weighted by atomic mass is 16.5. The number of esters is 1. The fraction of sp³-hybridized carbons (Fsp3) is 0.857. The van der Waals surface area contributed by atoms with Crippen LogP contribution in [0.25, 0.3) is 0 Å². The summed E-state index contributed by atoms with van der Waals surface area (Å²) in [6, 6.07) is 2.07. The number of ether oxygens (including phenoxy) is 1. The zero-order valence-corrected chi connectivity index (χ0v) is 11.2. The van der Waals surface area contributed by atoms with Gasteiger partial charge in [0.2, 0.25) is 0 Å². The lowest BCUT2D eigenvalue weighted by Crippen LogP contribution is -2.17. The van der Waals surface area contributed by atoms with Gasteiger partial charge in [0.1, 0.15) is 0 Å². The van der Waals surface area contributed by atoms with Crippen LogP contribution in [-0.4, -0.2) is 12.6 Å². The summed E-state index contributed by atoms with van der Waals surface area (Å²) in [5.41, 5.74) is 0. The largest absolute Gasteiger partial charge is 0.466 e. The van der Waals surface area contributed by atoms with Crippen molar-refractivity contribution in [2.75, 3.05) is 6.61 Å². The van der Waals surface area contributed by atoms with Crippen molar-refractivity contribution in [3.05, 3.63) is 0 Å². The first-order valence-electron chi connectivity index (χ1n) is 6.79. The standard InChI is InChI=1S/C14H25NO2/c1-3-5-6-7-8-9-10-13(11-12-15)14(16)17-4-2/h13H,3-11H2,1-2H3. The van der Waals surface area contributed by atoms with Crippen LogP contribution in [0.2, 0.25) is 0 Å². The number of rotatable bonds is 10. The molecule has 0 aromatic rings. The van der Waals surface area contributed by atoms with Gasteiger partial charge in [0.05, 0.1) is 18.6 Å². The minimum absolute atomic E-state index is 0.206. The summed E-state index contributed by atoms with van der Waals surface area (Å²) < 4.78 is 4.96. The SMILES string of the molecule is CCCCCCCCC(CC#N)C(=O)OCC. The van der Waals surface area contributed by atoms with Crippen LogP contribution < -0.4 is 0 Å². The van der Waals surface area contributed by atoms with Gasteiger partial charge >= 0.3 is 5.97 Å². The number of hydrogen-bond acceptors (Lipinski definition) is 3. The van der Waals surface area contributed by atoms with Crippen molar-refractivity contribution in [3.8, 4) is 6.07 Å². The average Bonchev–Trinajstić information content (AvgIpc) is 2.32. The lowest BCUT2D eigenvalue weighted by molar-refractivity contribution is -0.148. The summed E-state index contributed by atoms with van der Waals surface area (Å²) in [6.07, 6.45) is 8.30. The van der Waals surface area contributed by atoms with Crippen LogP contribution >= 0.6 is 0 Å². The highest BCUT2D eigenvalue weighted by Gasteiger charge is 2.18. The van der Waals surface area contributed by atoms with Crippen molar-refractivity contribution in [3.63, 3.8) is 0 Å². The third-order valence-electron chi connectivity index (χ3n) is 2.86. The minimum atomic E-state index is -0.217. The highest BCUT2D eigenvalue weighted by molar-refractivity contribution is 5.72. The van der Waals surface area contributed by atoms with E-state index in [1.807, 2.05) is 0 Å². The van der Waals surface area contributed by atoms with E-state index in [4.69, 9.17) is 10.00 Å². The Kier molecular flexibility index (Phi) is 10.7. The number of hydrogen-bond donors (Lipinski definition) is 0. The van der Waals surface area contributed by atoms with Gasteiger partial charge in [0.25, 0.3) is 0 Å². The molecular weight excluding hydrogens is 214 g/mol. The Balaban J connectivity index is 3.70. The van der Waals surface area contributed by atoms with Crippen LogP contribution in [0, 0.1) is 17.2 Å². The molecule has 0 radical (unpaired) electrons. The Labute approximate surface area is 105 Å². The fourth-order valence-corrected chi connectivity index (χ4v) is 1.84. The minimum Gasteiger partial charge on any atom is -0.466 e. The molecule has 0 saturated carbocycles. The number of unbranched alkanes of at least 4 members (excludes halogenated alkanes) is 5. The molecule has 0 saturated heterocycles. The number of carbonyl (C=O) groups is 1. The van der Waals surface area contributed by atoms with Crippen molar-refractivity contribution < 1.29 is 9.53 Å². The topological polar surface area (TPSA) is 50.1 Å². The van der Waals surface area contributed by atoms with Gasteiger partial charge in [-0.1, -0.05) is 45.4 Å². The molecule has 0 aliphatic rings. The first-order valence-corrected chi connectivity index (χ1v) is 6.79. The molecule has 1 unspecified atom stereocenters. The number of nitrogens with zero attached hydrogens (tertiary/aromatic N) is 1. The van der Waals surface area contributed by atoms with Crippen molar-refractivity contribution in [1.29, 1.82) is 5.26 Å². The Bertz CT molecular complexity index is 233. The number of carbonyl (C=O) groups excluding carboxylic acids is 1. The lowest BCUT2D eigenvalue weighted by atomic mass is 9.98. The molecule has 0 rings (SSSR count). The van der Waals surface area contributed by atoms with Crippen LogP contribution in [0.3, 0.4) is 0 Å². The predicted octanol–water partition coefficient (Wildman–Crippen LogP) is 3.83. The van der Waals surface area contributed by atoms with Gasteiger partial charge in [-0.2, -0.15) is 5.26 Å². The molecule has 0 spiro atoms. The molecular formula is C14H25NO2. The van der Waals surface area contributed by atoms with Crippen molar-refractivity contribution in [1.82, 2.24) is 0 Å². The molecule has 98 valence electrons. The van der Waals surface area contributed by atoms with E-state index >= 15 is 0 Å². The number of nitriles is 1. The maximum absolute atomic E-state index is 11.5. The molecule has 0 aliphatic carbocycles. The van der Waals surface area contributed by atoms with Crippen LogP contribution in [0.5, 0.6) is 0 Å². The Morgan fingerprint density at radius 3 is 2.41 bits per heavy atom. The molecule has 0 amide bonds. The van der Waals surface area contributed by atoms with Gasteiger partial charge in [0.15, 0.2) is 0 Å². The summed E-state index contributed by atoms with van der Waals surface area (Å²) in [7, 11) is 0. The van der Waals surface area contributed by atoms with E-state index < -0.39 is 0 Å². The molecule has 17 heavy (non-hydrogen) atoms. The molecule has 0 fully saturated rings. The van der Waals surface area contributed by atoms with E-state index in [0.29, 0.717) is 6.61 Å². The second-order valence-corrected chi connectivity index (χ2v) is 4.37. The maximum Gasteiger partial charge on any atom is 0.309 e. The van der Waals surface area contributed by atoms with E-state index in [0.717, 1.165) is 19.3 Å². The summed E-state index contributed by atoms with van der Waals surface area (Å²) in [6.45, 7) is 4.40.